The highest BCUT2D eigenvalue weighted by molar-refractivity contribution is 5.17. The van der Waals surface area contributed by atoms with Crippen molar-refractivity contribution in [1.29, 1.82) is 0 Å². The molecular formula is C15H25N3O. The molecule has 0 spiro atoms. The van der Waals surface area contributed by atoms with Gasteiger partial charge in [0.1, 0.15) is 0 Å². The minimum atomic E-state index is -0.514. The lowest BCUT2D eigenvalue weighted by Gasteiger charge is -2.36. The second-order valence-corrected chi connectivity index (χ2v) is 5.69. The first-order valence-electron chi connectivity index (χ1n) is 7.24. The molecule has 1 fully saturated rings. The van der Waals surface area contributed by atoms with Crippen molar-refractivity contribution in [3.63, 3.8) is 0 Å². The first-order valence-corrected chi connectivity index (χ1v) is 7.24. The van der Waals surface area contributed by atoms with Crippen LogP contribution in [0.2, 0.25) is 0 Å². The molecule has 0 unspecified atom stereocenters. The SMILES string of the molecule is C=Cn1cc(CNCC2(O)CCC(CC)CC2)cn1. The van der Waals surface area contributed by atoms with Crippen molar-refractivity contribution in [3.8, 4) is 0 Å². The van der Waals surface area contributed by atoms with Crippen LogP contribution in [0.1, 0.15) is 44.6 Å². The van der Waals surface area contributed by atoms with Crippen LogP contribution in [0, 0.1) is 5.92 Å². The maximum absolute atomic E-state index is 10.5. The summed E-state index contributed by atoms with van der Waals surface area (Å²) in [5.41, 5.74) is 0.603. The van der Waals surface area contributed by atoms with E-state index in [9.17, 15) is 5.11 Å². The summed E-state index contributed by atoms with van der Waals surface area (Å²) in [6.45, 7) is 7.32. The molecule has 1 aliphatic carbocycles. The fourth-order valence-corrected chi connectivity index (χ4v) is 2.81. The lowest BCUT2D eigenvalue weighted by molar-refractivity contribution is -0.00881. The number of hydrogen-bond acceptors (Lipinski definition) is 3. The van der Waals surface area contributed by atoms with E-state index in [1.54, 1.807) is 10.9 Å². The van der Waals surface area contributed by atoms with Crippen molar-refractivity contribution in [1.82, 2.24) is 15.1 Å². The molecule has 0 aliphatic heterocycles. The molecule has 2 rings (SSSR count). The highest BCUT2D eigenvalue weighted by atomic mass is 16.3. The summed E-state index contributed by atoms with van der Waals surface area (Å²) in [7, 11) is 0. The highest BCUT2D eigenvalue weighted by Gasteiger charge is 2.31. The minimum Gasteiger partial charge on any atom is -0.389 e. The van der Waals surface area contributed by atoms with Crippen LogP contribution in [0.5, 0.6) is 0 Å². The van der Waals surface area contributed by atoms with Gasteiger partial charge in [-0.15, -0.1) is 0 Å². The summed E-state index contributed by atoms with van der Waals surface area (Å²) in [4.78, 5) is 0. The van der Waals surface area contributed by atoms with Gasteiger partial charge in [-0.3, -0.25) is 0 Å². The molecule has 0 radical (unpaired) electrons. The average molecular weight is 263 g/mol. The van der Waals surface area contributed by atoms with E-state index in [1.807, 2.05) is 12.4 Å². The average Bonchev–Trinajstić information content (AvgIpc) is 2.87. The van der Waals surface area contributed by atoms with E-state index in [-0.39, 0.29) is 0 Å². The molecule has 1 aromatic heterocycles. The Kier molecular flexibility index (Phi) is 4.77. The third kappa shape index (κ3) is 3.91. The van der Waals surface area contributed by atoms with Gasteiger partial charge in [0.05, 0.1) is 11.8 Å². The smallest absolute Gasteiger partial charge is 0.0771 e. The number of aliphatic hydroxyl groups is 1. The van der Waals surface area contributed by atoms with E-state index in [1.165, 1.54) is 6.42 Å². The molecule has 4 heteroatoms. The van der Waals surface area contributed by atoms with Gasteiger partial charge in [0.25, 0.3) is 0 Å². The van der Waals surface area contributed by atoms with Gasteiger partial charge < -0.3 is 10.4 Å². The molecule has 0 amide bonds. The Hall–Kier alpha value is -1.13. The van der Waals surface area contributed by atoms with Crippen molar-refractivity contribution >= 4 is 6.20 Å². The quantitative estimate of drug-likeness (QED) is 0.828. The molecule has 0 saturated heterocycles. The zero-order chi connectivity index (χ0) is 13.7. The lowest BCUT2D eigenvalue weighted by atomic mass is 9.78. The Bertz CT molecular complexity index is 405. The molecule has 1 aromatic rings. The lowest BCUT2D eigenvalue weighted by Crippen LogP contribution is -2.43. The zero-order valence-corrected chi connectivity index (χ0v) is 11.8. The zero-order valence-electron chi connectivity index (χ0n) is 11.8. The largest absolute Gasteiger partial charge is 0.389 e. The van der Waals surface area contributed by atoms with Gasteiger partial charge in [0.15, 0.2) is 0 Å². The number of nitrogens with one attached hydrogen (secondary N) is 1. The number of aromatic nitrogens is 2. The maximum atomic E-state index is 10.5. The predicted molar refractivity (Wildman–Crippen MR) is 77.5 cm³/mol. The van der Waals surface area contributed by atoms with Gasteiger partial charge in [0, 0.05) is 31.0 Å². The van der Waals surface area contributed by atoms with Crippen LogP contribution in [0.25, 0.3) is 6.20 Å². The van der Waals surface area contributed by atoms with Crippen molar-refractivity contribution < 1.29 is 5.11 Å². The third-order valence-electron chi connectivity index (χ3n) is 4.24. The van der Waals surface area contributed by atoms with Crippen LogP contribution >= 0.6 is 0 Å². The molecule has 1 heterocycles. The van der Waals surface area contributed by atoms with E-state index in [0.29, 0.717) is 6.54 Å². The monoisotopic (exact) mass is 263 g/mol. The predicted octanol–water partition coefficient (Wildman–Crippen LogP) is 2.40. The first kappa shape index (κ1) is 14.3. The molecule has 2 N–H and O–H groups in total. The van der Waals surface area contributed by atoms with Gasteiger partial charge in [-0.25, -0.2) is 4.68 Å². The van der Waals surface area contributed by atoms with Crippen LogP contribution < -0.4 is 5.32 Å². The number of hydrogen-bond donors (Lipinski definition) is 2. The van der Waals surface area contributed by atoms with E-state index in [2.05, 4.69) is 23.9 Å². The second-order valence-electron chi connectivity index (χ2n) is 5.69. The van der Waals surface area contributed by atoms with Crippen LogP contribution in [0.3, 0.4) is 0 Å². The molecule has 1 saturated carbocycles. The maximum Gasteiger partial charge on any atom is 0.0771 e. The molecule has 0 atom stereocenters. The van der Waals surface area contributed by atoms with Gasteiger partial charge in [-0.2, -0.15) is 5.10 Å². The van der Waals surface area contributed by atoms with Crippen molar-refractivity contribution in [2.45, 2.75) is 51.2 Å². The van der Waals surface area contributed by atoms with Crippen molar-refractivity contribution in [2.24, 2.45) is 5.92 Å². The van der Waals surface area contributed by atoms with E-state index >= 15 is 0 Å². The summed E-state index contributed by atoms with van der Waals surface area (Å²) < 4.78 is 1.69. The summed E-state index contributed by atoms with van der Waals surface area (Å²) in [6.07, 6.45) is 10.8. The van der Waals surface area contributed by atoms with Gasteiger partial charge in [0.2, 0.25) is 0 Å². The summed E-state index contributed by atoms with van der Waals surface area (Å²) in [6, 6.07) is 0. The number of rotatable bonds is 6. The summed E-state index contributed by atoms with van der Waals surface area (Å²) in [5.74, 6) is 0.811. The second kappa shape index (κ2) is 6.35. The minimum absolute atomic E-state index is 0.514. The first-order chi connectivity index (χ1) is 9.15. The molecule has 19 heavy (non-hydrogen) atoms. The van der Waals surface area contributed by atoms with Crippen LogP contribution in [0.15, 0.2) is 19.0 Å². The molecule has 4 nitrogen and oxygen atoms in total. The van der Waals surface area contributed by atoms with Gasteiger partial charge in [-0.1, -0.05) is 19.9 Å². The van der Waals surface area contributed by atoms with Crippen LogP contribution in [0.4, 0.5) is 0 Å². The number of nitrogens with zero attached hydrogens (tertiary/aromatic N) is 2. The van der Waals surface area contributed by atoms with E-state index in [0.717, 1.165) is 43.7 Å². The van der Waals surface area contributed by atoms with Gasteiger partial charge >= 0.3 is 0 Å². The van der Waals surface area contributed by atoms with Gasteiger partial charge in [-0.05, 0) is 31.6 Å². The molecule has 106 valence electrons. The van der Waals surface area contributed by atoms with E-state index in [4.69, 9.17) is 0 Å². The molecule has 0 bridgehead atoms. The Morgan fingerprint density at radius 3 is 2.89 bits per heavy atom. The molecule has 0 aromatic carbocycles. The Morgan fingerprint density at radius 1 is 1.58 bits per heavy atom. The standard InChI is InChI=1S/C15H25N3O/c1-3-13-5-7-15(19,8-6-13)12-16-9-14-10-17-18(4-2)11-14/h4,10-11,13,16,19H,2-3,5-9,12H2,1H3. The van der Waals surface area contributed by atoms with E-state index < -0.39 is 5.60 Å². The normalized spacial score (nSPS) is 27.4. The molecule has 1 aliphatic rings. The summed E-state index contributed by atoms with van der Waals surface area (Å²) in [5, 5.41) is 18.0. The molecular weight excluding hydrogens is 238 g/mol. The Balaban J connectivity index is 1.74. The highest BCUT2D eigenvalue weighted by Crippen LogP contribution is 2.33. The summed E-state index contributed by atoms with van der Waals surface area (Å²) >= 11 is 0. The van der Waals surface area contributed by atoms with Crippen LogP contribution in [-0.4, -0.2) is 27.0 Å². The Labute approximate surface area is 115 Å². The van der Waals surface area contributed by atoms with Crippen molar-refractivity contribution in [2.75, 3.05) is 6.54 Å². The topological polar surface area (TPSA) is 50.1 Å². The van der Waals surface area contributed by atoms with Crippen molar-refractivity contribution in [3.05, 3.63) is 24.5 Å². The fourth-order valence-electron chi connectivity index (χ4n) is 2.81. The van der Waals surface area contributed by atoms with Crippen LogP contribution in [-0.2, 0) is 6.54 Å². The fraction of sp³-hybridized carbons (Fsp3) is 0.667. The Morgan fingerprint density at radius 2 is 2.32 bits per heavy atom. The third-order valence-corrected chi connectivity index (χ3v) is 4.24.